The lowest BCUT2D eigenvalue weighted by Crippen LogP contribution is -2.06. The van der Waals surface area contributed by atoms with E-state index in [2.05, 4.69) is 29.0 Å². The van der Waals surface area contributed by atoms with Gasteiger partial charge in [0.05, 0.1) is 6.33 Å². The predicted molar refractivity (Wildman–Crippen MR) is 80.1 cm³/mol. The summed E-state index contributed by atoms with van der Waals surface area (Å²) in [4.78, 5) is 4.12. The standard InChI is InChI=1S/C18H14N2/c1-3-7-16(8-4-1)11-12-18(20-14-13-19-15-20)17-9-5-2-6-10-17/h1-10,13-15,18H. The maximum absolute atomic E-state index is 4.12. The molecule has 0 saturated carbocycles. The summed E-state index contributed by atoms with van der Waals surface area (Å²) in [6.45, 7) is 0. The molecule has 3 rings (SSSR count). The Morgan fingerprint density at radius 3 is 2.25 bits per heavy atom. The van der Waals surface area contributed by atoms with Crippen LogP contribution in [0.15, 0.2) is 79.4 Å². The Bertz CT molecular complexity index is 704. The lowest BCUT2D eigenvalue weighted by Gasteiger charge is -2.12. The van der Waals surface area contributed by atoms with Crippen LogP contribution < -0.4 is 0 Å². The van der Waals surface area contributed by atoms with E-state index >= 15 is 0 Å². The van der Waals surface area contributed by atoms with Crippen molar-refractivity contribution >= 4 is 0 Å². The maximum atomic E-state index is 4.12. The molecule has 20 heavy (non-hydrogen) atoms. The number of hydrogen-bond donors (Lipinski definition) is 0. The van der Waals surface area contributed by atoms with E-state index in [-0.39, 0.29) is 6.04 Å². The van der Waals surface area contributed by atoms with Crippen LogP contribution in [-0.4, -0.2) is 9.55 Å². The highest BCUT2D eigenvalue weighted by Crippen LogP contribution is 2.17. The summed E-state index contributed by atoms with van der Waals surface area (Å²) >= 11 is 0. The normalized spacial score (nSPS) is 11.4. The molecule has 2 aromatic carbocycles. The predicted octanol–water partition coefficient (Wildman–Crippen LogP) is 3.52. The summed E-state index contributed by atoms with van der Waals surface area (Å²) in [6.07, 6.45) is 5.52. The molecule has 2 heteroatoms. The van der Waals surface area contributed by atoms with Crippen molar-refractivity contribution in [3.63, 3.8) is 0 Å². The lowest BCUT2D eigenvalue weighted by atomic mass is 10.1. The average molecular weight is 258 g/mol. The molecule has 0 fully saturated rings. The highest BCUT2D eigenvalue weighted by atomic mass is 15.0. The number of nitrogens with zero attached hydrogens (tertiary/aromatic N) is 2. The van der Waals surface area contributed by atoms with Crippen LogP contribution in [0, 0.1) is 11.8 Å². The van der Waals surface area contributed by atoms with Crippen LogP contribution in [0.1, 0.15) is 17.2 Å². The fourth-order valence-electron chi connectivity index (χ4n) is 2.06. The Hall–Kier alpha value is -2.79. The molecule has 0 saturated heterocycles. The van der Waals surface area contributed by atoms with Crippen LogP contribution in [0.3, 0.4) is 0 Å². The molecule has 1 aromatic heterocycles. The first kappa shape index (κ1) is 12.3. The molecule has 0 spiro atoms. The Labute approximate surface area is 118 Å². The van der Waals surface area contributed by atoms with Crippen molar-refractivity contribution < 1.29 is 0 Å². The molecule has 0 amide bonds. The number of rotatable bonds is 2. The fraction of sp³-hybridized carbons (Fsp3) is 0.0556. The molecule has 0 radical (unpaired) electrons. The summed E-state index contributed by atoms with van der Waals surface area (Å²) in [7, 11) is 0. The van der Waals surface area contributed by atoms with Crippen LogP contribution in [0.25, 0.3) is 0 Å². The zero-order valence-electron chi connectivity index (χ0n) is 11.0. The third-order valence-corrected chi connectivity index (χ3v) is 3.07. The van der Waals surface area contributed by atoms with Gasteiger partial charge in [-0.05, 0) is 17.7 Å². The van der Waals surface area contributed by atoms with E-state index in [0.29, 0.717) is 0 Å². The lowest BCUT2D eigenvalue weighted by molar-refractivity contribution is 0.719. The van der Waals surface area contributed by atoms with Crippen LogP contribution in [-0.2, 0) is 0 Å². The quantitative estimate of drug-likeness (QED) is 0.643. The molecule has 1 atom stereocenters. The summed E-state index contributed by atoms with van der Waals surface area (Å²) in [6, 6.07) is 20.3. The van der Waals surface area contributed by atoms with E-state index in [1.54, 1.807) is 12.5 Å². The monoisotopic (exact) mass is 258 g/mol. The first-order valence-electron chi connectivity index (χ1n) is 6.52. The zero-order chi connectivity index (χ0) is 13.6. The SMILES string of the molecule is C(#CC(c1ccccc1)n1ccnc1)c1ccccc1. The average Bonchev–Trinajstić information content (AvgIpc) is 3.04. The maximum Gasteiger partial charge on any atom is 0.121 e. The molecule has 0 N–H and O–H groups in total. The Balaban J connectivity index is 1.98. The molecule has 0 aliphatic rings. The van der Waals surface area contributed by atoms with Crippen molar-refractivity contribution in [3.8, 4) is 11.8 Å². The van der Waals surface area contributed by atoms with E-state index in [4.69, 9.17) is 0 Å². The molecular formula is C18H14N2. The third-order valence-electron chi connectivity index (χ3n) is 3.07. The second kappa shape index (κ2) is 5.90. The number of hydrogen-bond acceptors (Lipinski definition) is 1. The number of imidazole rings is 1. The number of aromatic nitrogens is 2. The second-order valence-electron chi connectivity index (χ2n) is 4.46. The van der Waals surface area contributed by atoms with Gasteiger partial charge in [-0.15, -0.1) is 0 Å². The minimum atomic E-state index is -0.0149. The van der Waals surface area contributed by atoms with Crippen molar-refractivity contribution in [2.24, 2.45) is 0 Å². The molecule has 0 bridgehead atoms. The first-order chi connectivity index (χ1) is 9.93. The Kier molecular flexibility index (Phi) is 3.62. The molecule has 1 unspecified atom stereocenters. The topological polar surface area (TPSA) is 17.8 Å². The molecule has 3 aromatic rings. The Morgan fingerprint density at radius 1 is 0.900 bits per heavy atom. The smallest absolute Gasteiger partial charge is 0.121 e. The van der Waals surface area contributed by atoms with E-state index < -0.39 is 0 Å². The Morgan fingerprint density at radius 2 is 1.60 bits per heavy atom. The van der Waals surface area contributed by atoms with Gasteiger partial charge < -0.3 is 4.57 Å². The molecule has 96 valence electrons. The van der Waals surface area contributed by atoms with Crippen LogP contribution in [0.2, 0.25) is 0 Å². The molecule has 0 aliphatic carbocycles. The minimum Gasteiger partial charge on any atom is -0.319 e. The molecule has 1 heterocycles. The first-order valence-corrected chi connectivity index (χ1v) is 6.52. The van der Waals surface area contributed by atoms with Crippen molar-refractivity contribution in [3.05, 3.63) is 90.5 Å². The van der Waals surface area contributed by atoms with E-state index in [1.807, 2.05) is 59.3 Å². The van der Waals surface area contributed by atoms with E-state index in [0.717, 1.165) is 11.1 Å². The third kappa shape index (κ3) is 2.78. The van der Waals surface area contributed by atoms with E-state index in [1.165, 1.54) is 0 Å². The van der Waals surface area contributed by atoms with Crippen molar-refractivity contribution in [2.75, 3.05) is 0 Å². The van der Waals surface area contributed by atoms with Crippen molar-refractivity contribution in [2.45, 2.75) is 6.04 Å². The van der Waals surface area contributed by atoms with Crippen LogP contribution >= 0.6 is 0 Å². The highest BCUT2D eigenvalue weighted by molar-refractivity contribution is 5.38. The van der Waals surface area contributed by atoms with Gasteiger partial charge in [0.1, 0.15) is 6.04 Å². The second-order valence-corrected chi connectivity index (χ2v) is 4.46. The number of benzene rings is 2. The van der Waals surface area contributed by atoms with Crippen molar-refractivity contribution in [1.82, 2.24) is 9.55 Å². The minimum absolute atomic E-state index is 0.0149. The highest BCUT2D eigenvalue weighted by Gasteiger charge is 2.08. The fourth-order valence-corrected chi connectivity index (χ4v) is 2.06. The zero-order valence-corrected chi connectivity index (χ0v) is 11.0. The van der Waals surface area contributed by atoms with Gasteiger partial charge in [-0.25, -0.2) is 4.98 Å². The van der Waals surface area contributed by atoms with Gasteiger partial charge in [0.15, 0.2) is 0 Å². The van der Waals surface area contributed by atoms with Gasteiger partial charge in [-0.1, -0.05) is 60.4 Å². The van der Waals surface area contributed by atoms with Gasteiger partial charge >= 0.3 is 0 Å². The van der Waals surface area contributed by atoms with Crippen LogP contribution in [0.5, 0.6) is 0 Å². The van der Waals surface area contributed by atoms with Crippen molar-refractivity contribution in [1.29, 1.82) is 0 Å². The van der Waals surface area contributed by atoms with E-state index in [9.17, 15) is 0 Å². The summed E-state index contributed by atoms with van der Waals surface area (Å²) in [5.41, 5.74) is 2.18. The van der Waals surface area contributed by atoms with Gasteiger partial charge in [-0.2, -0.15) is 0 Å². The van der Waals surface area contributed by atoms with Crippen LogP contribution in [0.4, 0.5) is 0 Å². The molecular weight excluding hydrogens is 244 g/mol. The van der Waals surface area contributed by atoms with Gasteiger partial charge in [0.2, 0.25) is 0 Å². The summed E-state index contributed by atoms with van der Waals surface area (Å²) < 4.78 is 2.02. The van der Waals surface area contributed by atoms with Gasteiger partial charge in [0, 0.05) is 18.0 Å². The van der Waals surface area contributed by atoms with Gasteiger partial charge in [0.25, 0.3) is 0 Å². The summed E-state index contributed by atoms with van der Waals surface area (Å²) in [5, 5.41) is 0. The molecule has 0 aliphatic heterocycles. The van der Waals surface area contributed by atoms with Gasteiger partial charge in [-0.3, -0.25) is 0 Å². The largest absolute Gasteiger partial charge is 0.319 e. The summed E-state index contributed by atoms with van der Waals surface area (Å²) in [5.74, 6) is 6.56. The molecule has 2 nitrogen and oxygen atoms in total.